The predicted molar refractivity (Wildman–Crippen MR) is 182 cm³/mol. The van der Waals surface area contributed by atoms with E-state index in [2.05, 4.69) is 138 Å². The lowest BCUT2D eigenvalue weighted by atomic mass is 9.85. The maximum atomic E-state index is 6.61. The molecule has 0 aliphatic carbocycles. The van der Waals surface area contributed by atoms with Crippen molar-refractivity contribution >= 4 is 49.1 Å². The van der Waals surface area contributed by atoms with Crippen molar-refractivity contribution in [3.05, 3.63) is 139 Å². The van der Waals surface area contributed by atoms with E-state index in [0.29, 0.717) is 0 Å². The second-order valence-electron chi connectivity index (χ2n) is 12.7. The van der Waals surface area contributed by atoms with Crippen molar-refractivity contribution in [2.75, 3.05) is 0 Å². The van der Waals surface area contributed by atoms with Crippen molar-refractivity contribution in [2.45, 2.75) is 26.2 Å². The Morgan fingerprint density at radius 1 is 0.500 bits per heavy atom. The van der Waals surface area contributed by atoms with Crippen LogP contribution in [0.4, 0.5) is 0 Å². The number of nitrogens with zero attached hydrogens (tertiary/aromatic N) is 3. The number of aromatic nitrogens is 3. The standard InChI is InChI=1S/C40H31N3O/c1-40(2,3)26-22-31-30-18-10-11-19-34(30)42-38(31)32(23-26)33-24-29(44-28-16-8-5-9-17-28)25-37-39(33)43(42)36-21-13-12-20-35(36)41(37)27-14-6-4-7-15-27/h4-25H,1-3H3. The van der Waals surface area contributed by atoms with Gasteiger partial charge in [-0.15, -0.1) is 0 Å². The summed E-state index contributed by atoms with van der Waals surface area (Å²) in [5.74, 6) is 1.63. The molecule has 1 aromatic heterocycles. The Morgan fingerprint density at radius 3 is 1.84 bits per heavy atom. The lowest BCUT2D eigenvalue weighted by Gasteiger charge is -2.28. The maximum Gasteiger partial charge on any atom is 0.130 e. The maximum absolute atomic E-state index is 6.61. The van der Waals surface area contributed by atoms with Crippen LogP contribution in [0.25, 0.3) is 60.5 Å². The van der Waals surface area contributed by atoms with E-state index in [-0.39, 0.29) is 5.41 Å². The zero-order valence-electron chi connectivity index (χ0n) is 25.0. The molecule has 9 rings (SSSR count). The zero-order valence-corrected chi connectivity index (χ0v) is 25.0. The van der Waals surface area contributed by atoms with Gasteiger partial charge in [0.15, 0.2) is 0 Å². The van der Waals surface area contributed by atoms with Crippen molar-refractivity contribution in [1.29, 1.82) is 0 Å². The molecular weight excluding hydrogens is 538 g/mol. The summed E-state index contributed by atoms with van der Waals surface area (Å²) in [5.41, 5.74) is 9.30. The number of hydrogen-bond donors (Lipinski definition) is 0. The van der Waals surface area contributed by atoms with Crippen molar-refractivity contribution < 1.29 is 4.74 Å². The van der Waals surface area contributed by atoms with Gasteiger partial charge in [-0.05, 0) is 71.6 Å². The first-order valence-corrected chi connectivity index (χ1v) is 15.2. The summed E-state index contributed by atoms with van der Waals surface area (Å²) in [6.07, 6.45) is 0. The van der Waals surface area contributed by atoms with E-state index in [9.17, 15) is 0 Å². The third-order valence-electron chi connectivity index (χ3n) is 8.96. The largest absolute Gasteiger partial charge is 0.457 e. The van der Waals surface area contributed by atoms with Gasteiger partial charge in [0.25, 0.3) is 0 Å². The highest BCUT2D eigenvalue weighted by Crippen LogP contribution is 2.45. The van der Waals surface area contributed by atoms with Crippen LogP contribution in [0.15, 0.2) is 133 Å². The van der Waals surface area contributed by atoms with Gasteiger partial charge in [0.1, 0.15) is 11.5 Å². The fraction of sp³-hybridized carbons (Fsp3) is 0.100. The molecule has 0 fully saturated rings. The highest BCUT2D eigenvalue weighted by Gasteiger charge is 2.27. The summed E-state index contributed by atoms with van der Waals surface area (Å²) in [4.78, 5) is 0. The minimum absolute atomic E-state index is 0.0219. The van der Waals surface area contributed by atoms with Gasteiger partial charge in [0.2, 0.25) is 0 Å². The topological polar surface area (TPSA) is 23.5 Å². The molecule has 0 atom stereocenters. The molecule has 2 aliphatic rings. The molecule has 44 heavy (non-hydrogen) atoms. The fourth-order valence-electron chi connectivity index (χ4n) is 6.94. The zero-order chi connectivity index (χ0) is 29.6. The SMILES string of the molecule is CC(C)(C)c1cc2c3cc(Oc4ccccc4)cc4c3-n(c3ccccc3n4-c3ccccc3)n3c4ccccc4c(c1)c23. The van der Waals surface area contributed by atoms with Crippen LogP contribution >= 0.6 is 0 Å². The predicted octanol–water partition coefficient (Wildman–Crippen LogP) is 10.7. The monoisotopic (exact) mass is 569 g/mol. The molecule has 0 bridgehead atoms. The van der Waals surface area contributed by atoms with E-state index in [4.69, 9.17) is 4.74 Å². The number of rotatable bonds is 3. The molecule has 0 saturated heterocycles. The van der Waals surface area contributed by atoms with Crippen LogP contribution in [-0.2, 0) is 5.41 Å². The smallest absolute Gasteiger partial charge is 0.130 e. The summed E-state index contributed by atoms with van der Waals surface area (Å²) < 4.78 is 13.9. The van der Waals surface area contributed by atoms with Crippen LogP contribution in [0.1, 0.15) is 26.3 Å². The number of para-hydroxylation sites is 5. The van der Waals surface area contributed by atoms with E-state index < -0.39 is 0 Å². The van der Waals surface area contributed by atoms with Crippen LogP contribution in [0.2, 0.25) is 0 Å². The van der Waals surface area contributed by atoms with Crippen LogP contribution in [0.3, 0.4) is 0 Å². The van der Waals surface area contributed by atoms with Gasteiger partial charge in [-0.3, -0.25) is 0 Å². The minimum Gasteiger partial charge on any atom is -0.457 e. The van der Waals surface area contributed by atoms with Crippen LogP contribution < -0.4 is 4.74 Å². The molecule has 7 aromatic rings. The van der Waals surface area contributed by atoms with Crippen molar-refractivity contribution in [1.82, 2.24) is 13.8 Å². The molecule has 212 valence electrons. The van der Waals surface area contributed by atoms with E-state index in [1.807, 2.05) is 30.3 Å². The number of fused-ring (bicyclic) bond motifs is 7. The Balaban J connectivity index is 1.59. The van der Waals surface area contributed by atoms with Crippen molar-refractivity contribution in [3.8, 4) is 22.9 Å². The molecule has 6 aromatic carbocycles. The van der Waals surface area contributed by atoms with Gasteiger partial charge >= 0.3 is 0 Å². The Morgan fingerprint density at radius 2 is 1.11 bits per heavy atom. The Kier molecular flexibility index (Phi) is 5.13. The van der Waals surface area contributed by atoms with Crippen molar-refractivity contribution in [2.24, 2.45) is 0 Å². The van der Waals surface area contributed by atoms with Gasteiger partial charge in [0.05, 0.1) is 33.3 Å². The number of hydrogen-bond acceptors (Lipinski definition) is 1. The fourth-order valence-corrected chi connectivity index (χ4v) is 6.94. The van der Waals surface area contributed by atoms with Gasteiger partial charge < -0.3 is 9.30 Å². The van der Waals surface area contributed by atoms with E-state index >= 15 is 0 Å². The first-order valence-electron chi connectivity index (χ1n) is 15.2. The minimum atomic E-state index is -0.0219. The third kappa shape index (κ3) is 3.51. The molecule has 0 spiro atoms. The van der Waals surface area contributed by atoms with Gasteiger partial charge in [-0.1, -0.05) is 87.5 Å². The molecule has 3 heterocycles. The van der Waals surface area contributed by atoms with E-state index in [0.717, 1.165) is 44.8 Å². The molecule has 0 N–H and O–H groups in total. The highest BCUT2D eigenvalue weighted by atomic mass is 16.5. The van der Waals surface area contributed by atoms with Crippen LogP contribution in [0.5, 0.6) is 11.5 Å². The van der Waals surface area contributed by atoms with Gasteiger partial charge in [-0.25, -0.2) is 9.20 Å². The molecule has 4 heteroatoms. The molecule has 4 nitrogen and oxygen atoms in total. The molecule has 0 radical (unpaired) electrons. The van der Waals surface area contributed by atoms with Crippen molar-refractivity contribution in [3.63, 3.8) is 0 Å². The Hall–Kier alpha value is -5.48. The number of benzene rings is 6. The molecule has 0 amide bonds. The third-order valence-corrected chi connectivity index (χ3v) is 8.96. The van der Waals surface area contributed by atoms with Gasteiger partial charge in [-0.2, -0.15) is 0 Å². The highest BCUT2D eigenvalue weighted by molar-refractivity contribution is 6.20. The summed E-state index contributed by atoms with van der Waals surface area (Å²) >= 11 is 0. The number of ether oxygens (including phenoxy) is 1. The van der Waals surface area contributed by atoms with Crippen LogP contribution in [-0.4, -0.2) is 13.8 Å². The summed E-state index contributed by atoms with van der Waals surface area (Å²) in [6.45, 7) is 6.90. The van der Waals surface area contributed by atoms with Gasteiger partial charge in [0, 0.05) is 33.3 Å². The summed E-state index contributed by atoms with van der Waals surface area (Å²) in [6, 6.07) is 47.5. The van der Waals surface area contributed by atoms with E-state index in [1.165, 1.54) is 32.8 Å². The molecule has 2 aliphatic heterocycles. The first kappa shape index (κ1) is 25.1. The van der Waals surface area contributed by atoms with E-state index in [1.54, 1.807) is 0 Å². The quantitative estimate of drug-likeness (QED) is 0.153. The lowest BCUT2D eigenvalue weighted by Crippen LogP contribution is -2.17. The van der Waals surface area contributed by atoms with Crippen LogP contribution in [0, 0.1) is 0 Å². The molecular formula is C40H31N3O. The second-order valence-corrected chi connectivity index (χ2v) is 12.7. The average molecular weight is 570 g/mol. The first-order chi connectivity index (χ1) is 21.5. The Labute approximate surface area is 255 Å². The molecule has 0 saturated carbocycles. The lowest BCUT2D eigenvalue weighted by molar-refractivity contribution is 0.483. The Bertz CT molecular complexity index is 2490. The second kappa shape index (κ2) is 9.01. The summed E-state index contributed by atoms with van der Waals surface area (Å²) in [7, 11) is 0. The average Bonchev–Trinajstić information content (AvgIpc) is 3.38. The molecule has 0 unspecified atom stereocenters. The summed E-state index contributed by atoms with van der Waals surface area (Å²) in [5, 5.41) is 4.91. The normalized spacial score (nSPS) is 12.4.